The van der Waals surface area contributed by atoms with Gasteiger partial charge in [0.15, 0.2) is 8.68 Å². The van der Waals surface area contributed by atoms with Gasteiger partial charge in [-0.05, 0) is 23.9 Å². The fraction of sp³-hybridized carbons (Fsp3) is 0.143. The van der Waals surface area contributed by atoms with Gasteiger partial charge in [0.1, 0.15) is 10.0 Å². The summed E-state index contributed by atoms with van der Waals surface area (Å²) in [7, 11) is 1.62. The van der Waals surface area contributed by atoms with Crippen LogP contribution in [-0.2, 0) is 11.3 Å². The second kappa shape index (κ2) is 7.64. The van der Waals surface area contributed by atoms with Crippen molar-refractivity contribution in [3.8, 4) is 0 Å². The summed E-state index contributed by atoms with van der Waals surface area (Å²) in [4.78, 5) is 16.4. The average Bonchev–Trinajstić information content (AvgIpc) is 3.19. The van der Waals surface area contributed by atoms with Gasteiger partial charge in [-0.25, -0.2) is 4.98 Å². The lowest BCUT2D eigenvalue weighted by Gasteiger charge is -2.00. The molecule has 9 heteroatoms. The molecule has 0 bridgehead atoms. The number of amides is 1. The van der Waals surface area contributed by atoms with Crippen molar-refractivity contribution in [2.45, 2.75) is 15.3 Å². The van der Waals surface area contributed by atoms with Crippen LogP contribution in [0.15, 0.2) is 45.2 Å². The number of thiazole rings is 1. The maximum atomic E-state index is 12.1. The SMILES string of the molecule is COCc1nnc(Sc2ncc(NC(=O)c3ccccc3)s2)s1. The van der Waals surface area contributed by atoms with E-state index >= 15 is 0 Å². The maximum Gasteiger partial charge on any atom is 0.256 e. The standard InChI is InChI=1S/C14H12N4O2S3/c1-20-8-11-17-18-14(22-11)23-13-15-7-10(21-13)16-12(19)9-5-3-2-4-6-9/h2-7H,8H2,1H3,(H,16,19). The monoisotopic (exact) mass is 364 g/mol. The summed E-state index contributed by atoms with van der Waals surface area (Å²) in [6, 6.07) is 9.07. The topological polar surface area (TPSA) is 77.0 Å². The zero-order valence-electron chi connectivity index (χ0n) is 12.1. The number of nitrogens with one attached hydrogen (secondary N) is 1. The van der Waals surface area contributed by atoms with E-state index in [1.165, 1.54) is 34.4 Å². The Bertz CT molecular complexity index is 788. The van der Waals surface area contributed by atoms with Gasteiger partial charge in [-0.3, -0.25) is 4.79 Å². The first-order valence-electron chi connectivity index (χ1n) is 6.56. The van der Waals surface area contributed by atoms with E-state index in [0.29, 0.717) is 17.2 Å². The van der Waals surface area contributed by atoms with Gasteiger partial charge in [-0.2, -0.15) is 0 Å². The molecule has 1 amide bonds. The molecule has 0 saturated carbocycles. The van der Waals surface area contributed by atoms with Crippen LogP contribution in [0.5, 0.6) is 0 Å². The Morgan fingerprint density at radius 1 is 1.22 bits per heavy atom. The van der Waals surface area contributed by atoms with Gasteiger partial charge < -0.3 is 10.1 Å². The van der Waals surface area contributed by atoms with E-state index in [1.807, 2.05) is 18.2 Å². The first kappa shape index (κ1) is 16.1. The quantitative estimate of drug-likeness (QED) is 0.721. The van der Waals surface area contributed by atoms with E-state index in [9.17, 15) is 4.79 Å². The number of carbonyl (C=O) groups excluding carboxylic acids is 1. The molecule has 0 fully saturated rings. The Balaban J connectivity index is 1.62. The number of carbonyl (C=O) groups is 1. The number of anilines is 1. The summed E-state index contributed by atoms with van der Waals surface area (Å²) in [5.41, 5.74) is 0.614. The number of ether oxygens (including phenoxy) is 1. The second-order valence-electron chi connectivity index (χ2n) is 4.31. The van der Waals surface area contributed by atoms with Gasteiger partial charge in [0.2, 0.25) is 0 Å². The molecular weight excluding hydrogens is 352 g/mol. The van der Waals surface area contributed by atoms with Crippen LogP contribution in [0.3, 0.4) is 0 Å². The lowest BCUT2D eigenvalue weighted by molar-refractivity contribution is 0.102. The normalized spacial score (nSPS) is 10.7. The third-order valence-corrected chi connectivity index (χ3v) is 5.58. The molecular formula is C14H12N4O2S3. The van der Waals surface area contributed by atoms with E-state index in [4.69, 9.17) is 4.74 Å². The predicted octanol–water partition coefficient (Wildman–Crippen LogP) is 3.54. The van der Waals surface area contributed by atoms with Gasteiger partial charge >= 0.3 is 0 Å². The van der Waals surface area contributed by atoms with E-state index in [0.717, 1.165) is 13.7 Å². The van der Waals surface area contributed by atoms with Crippen molar-refractivity contribution in [2.24, 2.45) is 0 Å². The van der Waals surface area contributed by atoms with E-state index in [-0.39, 0.29) is 5.91 Å². The third-order valence-electron chi connectivity index (χ3n) is 2.65. The highest BCUT2D eigenvalue weighted by Gasteiger charge is 2.11. The van der Waals surface area contributed by atoms with Gasteiger partial charge in [0, 0.05) is 12.7 Å². The van der Waals surface area contributed by atoms with Crippen molar-refractivity contribution < 1.29 is 9.53 Å². The number of nitrogens with zero attached hydrogens (tertiary/aromatic N) is 3. The molecule has 0 aliphatic heterocycles. The first-order chi connectivity index (χ1) is 11.2. The van der Waals surface area contributed by atoms with Gasteiger partial charge in [0.25, 0.3) is 5.91 Å². The Kier molecular flexibility index (Phi) is 5.34. The van der Waals surface area contributed by atoms with Gasteiger partial charge in [0.05, 0.1) is 12.8 Å². The van der Waals surface area contributed by atoms with Crippen molar-refractivity contribution in [2.75, 3.05) is 12.4 Å². The van der Waals surface area contributed by atoms with Crippen LogP contribution < -0.4 is 5.32 Å². The molecule has 0 radical (unpaired) electrons. The average molecular weight is 364 g/mol. The van der Waals surface area contributed by atoms with Crippen LogP contribution in [-0.4, -0.2) is 28.2 Å². The van der Waals surface area contributed by atoms with Crippen molar-refractivity contribution in [3.63, 3.8) is 0 Å². The van der Waals surface area contributed by atoms with Crippen molar-refractivity contribution in [3.05, 3.63) is 47.1 Å². The minimum Gasteiger partial charge on any atom is -0.377 e. The molecule has 0 unspecified atom stereocenters. The highest BCUT2D eigenvalue weighted by atomic mass is 32.2. The highest BCUT2D eigenvalue weighted by Crippen LogP contribution is 2.35. The number of benzene rings is 1. The number of methoxy groups -OCH3 is 1. The molecule has 0 spiro atoms. The number of rotatable bonds is 6. The highest BCUT2D eigenvalue weighted by molar-refractivity contribution is 8.02. The van der Waals surface area contributed by atoms with Crippen molar-refractivity contribution in [1.82, 2.24) is 15.2 Å². The Labute approximate surface area is 144 Å². The maximum absolute atomic E-state index is 12.1. The summed E-state index contributed by atoms with van der Waals surface area (Å²) in [5.74, 6) is -0.149. The Morgan fingerprint density at radius 2 is 2.04 bits per heavy atom. The zero-order chi connectivity index (χ0) is 16.1. The minimum absolute atomic E-state index is 0.149. The van der Waals surface area contributed by atoms with E-state index in [2.05, 4.69) is 20.5 Å². The number of aromatic nitrogens is 3. The molecule has 0 saturated heterocycles. The second-order valence-corrected chi connectivity index (χ2v) is 7.89. The van der Waals surface area contributed by atoms with Crippen LogP contribution >= 0.6 is 34.4 Å². The molecule has 3 rings (SSSR count). The summed E-state index contributed by atoms with van der Waals surface area (Å²) < 4.78 is 6.62. The molecule has 0 aliphatic carbocycles. The van der Waals surface area contributed by atoms with Gasteiger partial charge in [-0.1, -0.05) is 40.9 Å². The molecule has 6 nitrogen and oxygen atoms in total. The summed E-state index contributed by atoms with van der Waals surface area (Å²) in [6.07, 6.45) is 1.64. The predicted molar refractivity (Wildman–Crippen MR) is 91.3 cm³/mol. The van der Waals surface area contributed by atoms with Crippen LogP contribution in [0.4, 0.5) is 5.00 Å². The Hall–Kier alpha value is -1.81. The lowest BCUT2D eigenvalue weighted by Crippen LogP contribution is -2.10. The van der Waals surface area contributed by atoms with E-state index in [1.54, 1.807) is 25.4 Å². The van der Waals surface area contributed by atoms with Crippen LogP contribution in [0.2, 0.25) is 0 Å². The fourth-order valence-corrected chi connectivity index (χ4v) is 4.62. The third kappa shape index (κ3) is 4.35. The van der Waals surface area contributed by atoms with Gasteiger partial charge in [-0.15, -0.1) is 10.2 Å². The summed E-state index contributed by atoms with van der Waals surface area (Å²) >= 11 is 4.29. The largest absolute Gasteiger partial charge is 0.377 e. The molecule has 23 heavy (non-hydrogen) atoms. The smallest absolute Gasteiger partial charge is 0.256 e. The number of hydrogen-bond donors (Lipinski definition) is 1. The fourth-order valence-electron chi connectivity index (χ4n) is 1.67. The van der Waals surface area contributed by atoms with Crippen LogP contribution in [0.25, 0.3) is 0 Å². The molecule has 1 aromatic carbocycles. The van der Waals surface area contributed by atoms with Crippen LogP contribution in [0, 0.1) is 0 Å². The van der Waals surface area contributed by atoms with Crippen LogP contribution in [0.1, 0.15) is 15.4 Å². The molecule has 3 aromatic rings. The number of hydrogen-bond acceptors (Lipinski definition) is 8. The Morgan fingerprint density at radius 3 is 2.83 bits per heavy atom. The minimum atomic E-state index is -0.149. The van der Waals surface area contributed by atoms with E-state index < -0.39 is 0 Å². The lowest BCUT2D eigenvalue weighted by atomic mass is 10.2. The molecule has 118 valence electrons. The summed E-state index contributed by atoms with van der Waals surface area (Å²) in [6.45, 7) is 0.453. The summed E-state index contributed by atoms with van der Waals surface area (Å²) in [5, 5.41) is 12.5. The first-order valence-corrected chi connectivity index (χ1v) is 9.01. The molecule has 0 aliphatic rings. The van der Waals surface area contributed by atoms with Crippen molar-refractivity contribution in [1.29, 1.82) is 0 Å². The van der Waals surface area contributed by atoms with Crippen molar-refractivity contribution >= 4 is 45.3 Å². The molecule has 0 atom stereocenters. The molecule has 2 heterocycles. The molecule has 1 N–H and O–H groups in total. The zero-order valence-corrected chi connectivity index (χ0v) is 14.5. The molecule has 2 aromatic heterocycles.